The van der Waals surface area contributed by atoms with E-state index >= 15 is 0 Å². The van der Waals surface area contributed by atoms with Crippen molar-refractivity contribution in [1.29, 1.82) is 0 Å². The van der Waals surface area contributed by atoms with Gasteiger partial charge in [-0.1, -0.05) is 13.8 Å². The molecular weight excluding hydrogens is 240 g/mol. The van der Waals surface area contributed by atoms with Gasteiger partial charge in [0, 0.05) is 37.5 Å². The molecule has 0 spiro atoms. The zero-order chi connectivity index (χ0) is 14.2. The van der Waals surface area contributed by atoms with Crippen LogP contribution in [-0.4, -0.2) is 14.3 Å². The molecule has 0 saturated heterocycles. The van der Waals surface area contributed by atoms with Gasteiger partial charge in [-0.3, -0.25) is 9.48 Å². The first-order chi connectivity index (χ1) is 8.90. The third-order valence-corrected chi connectivity index (χ3v) is 3.18. The minimum absolute atomic E-state index is 0.0442. The van der Waals surface area contributed by atoms with Crippen LogP contribution in [-0.2, 0) is 20.5 Å². The monoisotopic (exact) mass is 260 g/mol. The maximum atomic E-state index is 11.7. The number of nitrogens with zero attached hydrogens (tertiary/aromatic N) is 3. The molecular formula is C14H20N4O. The van der Waals surface area contributed by atoms with E-state index in [0.717, 1.165) is 23.2 Å². The standard InChI is InChI=1S/C14H20N4O/c1-9(2)7-11-13(16-18(4)14(11)15)10-5-6-17(3)12(19)8-10/h5-6,8-9H,7,15H2,1-4H3. The van der Waals surface area contributed by atoms with Crippen LogP contribution in [0.4, 0.5) is 5.82 Å². The van der Waals surface area contributed by atoms with Crippen molar-refractivity contribution < 1.29 is 0 Å². The summed E-state index contributed by atoms with van der Waals surface area (Å²) >= 11 is 0. The van der Waals surface area contributed by atoms with Crippen molar-refractivity contribution >= 4 is 5.82 Å². The number of anilines is 1. The molecule has 5 heteroatoms. The van der Waals surface area contributed by atoms with Crippen LogP contribution in [0.3, 0.4) is 0 Å². The Hall–Kier alpha value is -2.04. The van der Waals surface area contributed by atoms with Crippen LogP contribution in [0.25, 0.3) is 11.3 Å². The highest BCUT2D eigenvalue weighted by Gasteiger charge is 2.16. The van der Waals surface area contributed by atoms with Gasteiger partial charge < -0.3 is 10.3 Å². The lowest BCUT2D eigenvalue weighted by Gasteiger charge is -2.07. The van der Waals surface area contributed by atoms with E-state index in [4.69, 9.17) is 5.73 Å². The third-order valence-electron chi connectivity index (χ3n) is 3.18. The molecule has 2 rings (SSSR count). The fourth-order valence-corrected chi connectivity index (χ4v) is 2.12. The van der Waals surface area contributed by atoms with Crippen molar-refractivity contribution in [1.82, 2.24) is 14.3 Å². The first-order valence-corrected chi connectivity index (χ1v) is 6.38. The van der Waals surface area contributed by atoms with Crippen molar-refractivity contribution in [2.75, 3.05) is 5.73 Å². The Morgan fingerprint density at radius 3 is 2.63 bits per heavy atom. The molecule has 102 valence electrons. The Kier molecular flexibility index (Phi) is 3.46. The van der Waals surface area contributed by atoms with Crippen molar-refractivity contribution in [2.45, 2.75) is 20.3 Å². The molecule has 2 heterocycles. The normalized spacial score (nSPS) is 11.2. The Balaban J connectivity index is 2.58. The Bertz CT molecular complexity index is 652. The third kappa shape index (κ3) is 2.54. The molecule has 2 aromatic heterocycles. The van der Waals surface area contributed by atoms with Gasteiger partial charge in [0.05, 0.1) is 5.69 Å². The van der Waals surface area contributed by atoms with Gasteiger partial charge in [0.25, 0.3) is 5.56 Å². The molecule has 5 nitrogen and oxygen atoms in total. The minimum atomic E-state index is -0.0442. The van der Waals surface area contributed by atoms with Crippen LogP contribution >= 0.6 is 0 Å². The molecule has 0 atom stereocenters. The van der Waals surface area contributed by atoms with Gasteiger partial charge in [-0.15, -0.1) is 0 Å². The van der Waals surface area contributed by atoms with Crippen molar-refractivity contribution in [3.8, 4) is 11.3 Å². The molecule has 0 aliphatic heterocycles. The molecule has 0 unspecified atom stereocenters. The SMILES string of the molecule is CC(C)Cc1c(-c2ccn(C)c(=O)c2)nn(C)c1N. The predicted octanol–water partition coefficient (Wildman–Crippen LogP) is 1.57. The van der Waals surface area contributed by atoms with Crippen molar-refractivity contribution in [3.05, 3.63) is 34.2 Å². The number of nitrogen functional groups attached to an aromatic ring is 1. The van der Waals surface area contributed by atoms with E-state index in [9.17, 15) is 4.79 Å². The molecule has 0 aliphatic carbocycles. The van der Waals surface area contributed by atoms with Crippen molar-refractivity contribution in [2.24, 2.45) is 20.0 Å². The van der Waals surface area contributed by atoms with Gasteiger partial charge in [0.2, 0.25) is 0 Å². The summed E-state index contributed by atoms with van der Waals surface area (Å²) in [5.41, 5.74) is 8.69. The first-order valence-electron chi connectivity index (χ1n) is 6.38. The van der Waals surface area contributed by atoms with E-state index < -0.39 is 0 Å². The van der Waals surface area contributed by atoms with E-state index in [-0.39, 0.29) is 5.56 Å². The van der Waals surface area contributed by atoms with Crippen LogP contribution < -0.4 is 11.3 Å². The quantitative estimate of drug-likeness (QED) is 0.911. The summed E-state index contributed by atoms with van der Waals surface area (Å²) in [5, 5.41) is 4.45. The van der Waals surface area contributed by atoms with E-state index in [1.807, 2.05) is 13.1 Å². The van der Waals surface area contributed by atoms with Gasteiger partial charge in [0.1, 0.15) is 5.82 Å². The molecule has 0 saturated carbocycles. The zero-order valence-corrected chi connectivity index (χ0v) is 11.8. The molecule has 0 amide bonds. The summed E-state index contributed by atoms with van der Waals surface area (Å²) in [6, 6.07) is 3.50. The van der Waals surface area contributed by atoms with E-state index in [2.05, 4.69) is 18.9 Å². The Morgan fingerprint density at radius 1 is 1.37 bits per heavy atom. The lowest BCUT2D eigenvalue weighted by atomic mass is 9.99. The molecule has 0 radical (unpaired) electrons. The molecule has 0 aromatic carbocycles. The summed E-state index contributed by atoms with van der Waals surface area (Å²) in [6.07, 6.45) is 2.60. The van der Waals surface area contributed by atoms with Gasteiger partial charge in [-0.25, -0.2) is 0 Å². The van der Waals surface area contributed by atoms with Gasteiger partial charge in [-0.05, 0) is 18.4 Å². The van der Waals surface area contributed by atoms with Gasteiger partial charge in [0.15, 0.2) is 0 Å². The topological polar surface area (TPSA) is 65.8 Å². The lowest BCUT2D eigenvalue weighted by molar-refractivity contribution is 0.648. The number of hydrogen-bond donors (Lipinski definition) is 1. The Labute approximate surface area is 112 Å². The number of aryl methyl sites for hydroxylation is 2. The fourth-order valence-electron chi connectivity index (χ4n) is 2.12. The summed E-state index contributed by atoms with van der Waals surface area (Å²) < 4.78 is 3.21. The summed E-state index contributed by atoms with van der Waals surface area (Å²) in [4.78, 5) is 11.7. The largest absolute Gasteiger partial charge is 0.384 e. The summed E-state index contributed by atoms with van der Waals surface area (Å²) in [6.45, 7) is 4.28. The Morgan fingerprint density at radius 2 is 2.05 bits per heavy atom. The highest BCUT2D eigenvalue weighted by atomic mass is 16.1. The fraction of sp³-hybridized carbons (Fsp3) is 0.429. The molecule has 2 N–H and O–H groups in total. The smallest absolute Gasteiger partial charge is 0.250 e. The zero-order valence-electron chi connectivity index (χ0n) is 11.8. The average Bonchev–Trinajstić information content (AvgIpc) is 2.60. The maximum absolute atomic E-state index is 11.7. The van der Waals surface area contributed by atoms with Gasteiger partial charge >= 0.3 is 0 Å². The number of hydrogen-bond acceptors (Lipinski definition) is 3. The van der Waals surface area contributed by atoms with Crippen LogP contribution in [0.15, 0.2) is 23.1 Å². The average molecular weight is 260 g/mol. The second kappa shape index (κ2) is 4.91. The van der Waals surface area contributed by atoms with Gasteiger partial charge in [-0.2, -0.15) is 5.10 Å². The van der Waals surface area contributed by atoms with E-state index in [1.165, 1.54) is 4.57 Å². The second-order valence-electron chi connectivity index (χ2n) is 5.30. The molecule has 19 heavy (non-hydrogen) atoms. The molecule has 0 bridgehead atoms. The highest BCUT2D eigenvalue weighted by molar-refractivity contribution is 5.68. The van der Waals surface area contributed by atoms with Crippen LogP contribution in [0.1, 0.15) is 19.4 Å². The predicted molar refractivity (Wildman–Crippen MR) is 76.8 cm³/mol. The number of nitrogens with two attached hydrogens (primary N) is 1. The summed E-state index contributed by atoms with van der Waals surface area (Å²) in [5.74, 6) is 1.15. The first kappa shape index (κ1) is 13.4. The van der Waals surface area contributed by atoms with Crippen molar-refractivity contribution in [3.63, 3.8) is 0 Å². The highest BCUT2D eigenvalue weighted by Crippen LogP contribution is 2.28. The number of aromatic nitrogens is 3. The number of pyridine rings is 1. The van der Waals surface area contributed by atoms with E-state index in [1.54, 1.807) is 24.0 Å². The molecule has 0 fully saturated rings. The van der Waals surface area contributed by atoms with Crippen LogP contribution in [0, 0.1) is 5.92 Å². The van der Waals surface area contributed by atoms with Crippen LogP contribution in [0.2, 0.25) is 0 Å². The molecule has 0 aliphatic rings. The lowest BCUT2D eigenvalue weighted by Crippen LogP contribution is -2.14. The second-order valence-corrected chi connectivity index (χ2v) is 5.30. The molecule has 2 aromatic rings. The maximum Gasteiger partial charge on any atom is 0.250 e. The van der Waals surface area contributed by atoms with E-state index in [0.29, 0.717) is 11.7 Å². The number of rotatable bonds is 3. The summed E-state index contributed by atoms with van der Waals surface area (Å²) in [7, 11) is 3.55. The van der Waals surface area contributed by atoms with Crippen LogP contribution in [0.5, 0.6) is 0 Å². The minimum Gasteiger partial charge on any atom is -0.384 e.